The van der Waals surface area contributed by atoms with Crippen molar-refractivity contribution in [2.45, 2.75) is 56.7 Å². The van der Waals surface area contributed by atoms with Crippen molar-refractivity contribution in [1.82, 2.24) is 0 Å². The lowest BCUT2D eigenvalue weighted by atomic mass is 9.92. The highest BCUT2D eigenvalue weighted by atomic mass is 16.5. The first-order valence-electron chi connectivity index (χ1n) is 6.83. The fourth-order valence-electron chi connectivity index (χ4n) is 2.53. The van der Waals surface area contributed by atoms with Crippen molar-refractivity contribution in [2.75, 3.05) is 0 Å². The molecule has 1 aromatic carbocycles. The van der Waals surface area contributed by atoms with Crippen molar-refractivity contribution in [3.05, 3.63) is 35.9 Å². The first kappa shape index (κ1) is 14.5. The third-order valence-corrected chi connectivity index (χ3v) is 3.75. The van der Waals surface area contributed by atoms with E-state index in [1.54, 1.807) is 6.92 Å². The van der Waals surface area contributed by atoms with E-state index in [9.17, 15) is 15.3 Å². The van der Waals surface area contributed by atoms with Crippen molar-refractivity contribution in [3.63, 3.8) is 0 Å². The molecule has 0 unspecified atom stereocenters. The maximum absolute atomic E-state index is 9.89. The first-order chi connectivity index (χ1) is 9.09. The van der Waals surface area contributed by atoms with E-state index in [0.29, 0.717) is 6.42 Å². The Bertz CT molecular complexity index is 381. The number of aliphatic hydroxyl groups is 3. The van der Waals surface area contributed by atoms with Gasteiger partial charge >= 0.3 is 0 Å². The molecule has 2 rings (SSSR count). The van der Waals surface area contributed by atoms with E-state index in [1.807, 2.05) is 18.2 Å². The van der Waals surface area contributed by atoms with Crippen molar-refractivity contribution < 1.29 is 20.1 Å². The van der Waals surface area contributed by atoms with E-state index < -0.39 is 30.5 Å². The van der Waals surface area contributed by atoms with Crippen molar-refractivity contribution in [2.24, 2.45) is 0 Å². The monoisotopic (exact) mass is 266 g/mol. The Morgan fingerprint density at radius 3 is 2.37 bits per heavy atom. The lowest BCUT2D eigenvalue weighted by Gasteiger charge is -2.39. The van der Waals surface area contributed by atoms with Crippen LogP contribution in [-0.2, 0) is 11.2 Å². The van der Waals surface area contributed by atoms with Crippen LogP contribution >= 0.6 is 0 Å². The Kier molecular flexibility index (Phi) is 4.93. The summed E-state index contributed by atoms with van der Waals surface area (Å²) in [6, 6.07) is 10.1. The second-order valence-electron chi connectivity index (χ2n) is 5.23. The molecule has 1 saturated heterocycles. The molecule has 3 N–H and O–H groups in total. The van der Waals surface area contributed by atoms with Crippen LogP contribution in [0, 0.1) is 0 Å². The molecule has 4 heteroatoms. The number of hydrogen-bond donors (Lipinski definition) is 3. The van der Waals surface area contributed by atoms with Gasteiger partial charge in [0.1, 0.15) is 18.3 Å². The maximum atomic E-state index is 9.89. The van der Waals surface area contributed by atoms with Gasteiger partial charge in [0.15, 0.2) is 0 Å². The predicted molar refractivity (Wildman–Crippen MR) is 71.7 cm³/mol. The normalized spacial score (nSPS) is 35.3. The molecule has 5 atom stereocenters. The quantitative estimate of drug-likeness (QED) is 0.756. The van der Waals surface area contributed by atoms with Crippen LogP contribution in [0.2, 0.25) is 0 Å². The molecule has 19 heavy (non-hydrogen) atoms. The molecule has 0 bridgehead atoms. The summed E-state index contributed by atoms with van der Waals surface area (Å²) in [4.78, 5) is 0. The zero-order chi connectivity index (χ0) is 13.8. The highest BCUT2D eigenvalue weighted by molar-refractivity contribution is 5.14. The van der Waals surface area contributed by atoms with Crippen LogP contribution in [0.5, 0.6) is 0 Å². The minimum atomic E-state index is -1.12. The summed E-state index contributed by atoms with van der Waals surface area (Å²) in [5, 5.41) is 29.2. The zero-order valence-corrected chi connectivity index (χ0v) is 11.1. The molecule has 0 radical (unpaired) electrons. The van der Waals surface area contributed by atoms with Crippen LogP contribution in [0.1, 0.15) is 25.3 Å². The molecule has 0 aromatic heterocycles. The SMILES string of the molecule is C[C@@H]1O[C@@H](CCCc2ccccc2)[C@@H](O)[C@H](O)[C@@H]1O. The number of benzene rings is 1. The third-order valence-electron chi connectivity index (χ3n) is 3.75. The standard InChI is InChI=1S/C15H22O4/c1-10-13(16)15(18)14(17)12(19-10)9-5-8-11-6-3-2-4-7-11/h2-4,6-7,10,12-18H,5,8-9H2,1H3/t10-,12-,13+,14+,15+/m0/s1. The minimum Gasteiger partial charge on any atom is -0.388 e. The van der Waals surface area contributed by atoms with Crippen LogP contribution in [0.15, 0.2) is 30.3 Å². The molecular weight excluding hydrogens is 244 g/mol. The van der Waals surface area contributed by atoms with Gasteiger partial charge in [0.25, 0.3) is 0 Å². The van der Waals surface area contributed by atoms with E-state index in [2.05, 4.69) is 12.1 Å². The average molecular weight is 266 g/mol. The van der Waals surface area contributed by atoms with Crippen molar-refractivity contribution in [1.29, 1.82) is 0 Å². The summed E-state index contributed by atoms with van der Waals surface area (Å²) in [5.74, 6) is 0. The largest absolute Gasteiger partial charge is 0.388 e. The van der Waals surface area contributed by atoms with Gasteiger partial charge in [-0.15, -0.1) is 0 Å². The van der Waals surface area contributed by atoms with Gasteiger partial charge in [-0.25, -0.2) is 0 Å². The molecule has 1 aliphatic rings. The Hall–Kier alpha value is -0.940. The van der Waals surface area contributed by atoms with Gasteiger partial charge in [0.2, 0.25) is 0 Å². The van der Waals surface area contributed by atoms with Gasteiger partial charge < -0.3 is 20.1 Å². The third kappa shape index (κ3) is 3.54. The number of rotatable bonds is 4. The van der Waals surface area contributed by atoms with Crippen molar-refractivity contribution >= 4 is 0 Å². The fraction of sp³-hybridized carbons (Fsp3) is 0.600. The van der Waals surface area contributed by atoms with Gasteiger partial charge in [-0.3, -0.25) is 0 Å². The molecule has 1 heterocycles. The van der Waals surface area contributed by atoms with Crippen LogP contribution in [0.25, 0.3) is 0 Å². The summed E-state index contributed by atoms with van der Waals surface area (Å²) in [5.41, 5.74) is 1.25. The summed E-state index contributed by atoms with van der Waals surface area (Å²) < 4.78 is 5.56. The minimum absolute atomic E-state index is 0.405. The highest BCUT2D eigenvalue weighted by Crippen LogP contribution is 2.24. The molecule has 1 fully saturated rings. The number of ether oxygens (including phenoxy) is 1. The molecule has 0 aliphatic carbocycles. The molecule has 0 amide bonds. The highest BCUT2D eigenvalue weighted by Gasteiger charge is 2.41. The van der Waals surface area contributed by atoms with Crippen LogP contribution < -0.4 is 0 Å². The molecular formula is C15H22O4. The number of aliphatic hydroxyl groups excluding tert-OH is 3. The molecule has 1 aliphatic heterocycles. The lowest BCUT2D eigenvalue weighted by molar-refractivity contribution is -0.218. The lowest BCUT2D eigenvalue weighted by Crippen LogP contribution is -2.56. The molecule has 1 aromatic rings. The predicted octanol–water partition coefficient (Wildman–Crippen LogP) is 0.879. The van der Waals surface area contributed by atoms with Crippen molar-refractivity contribution in [3.8, 4) is 0 Å². The molecule has 4 nitrogen and oxygen atoms in total. The Morgan fingerprint density at radius 2 is 1.68 bits per heavy atom. The number of hydrogen-bond acceptors (Lipinski definition) is 4. The van der Waals surface area contributed by atoms with Gasteiger partial charge in [-0.05, 0) is 31.7 Å². The summed E-state index contributed by atoms with van der Waals surface area (Å²) >= 11 is 0. The van der Waals surface area contributed by atoms with E-state index in [-0.39, 0.29) is 0 Å². The smallest absolute Gasteiger partial charge is 0.111 e. The summed E-state index contributed by atoms with van der Waals surface area (Å²) in [7, 11) is 0. The summed E-state index contributed by atoms with van der Waals surface area (Å²) in [6.45, 7) is 1.71. The topological polar surface area (TPSA) is 69.9 Å². The van der Waals surface area contributed by atoms with Gasteiger partial charge in [-0.2, -0.15) is 0 Å². The molecule has 0 spiro atoms. The Labute approximate surface area is 113 Å². The second kappa shape index (κ2) is 6.48. The van der Waals surface area contributed by atoms with Crippen LogP contribution in [0.3, 0.4) is 0 Å². The number of aryl methyl sites for hydroxylation is 1. The van der Waals surface area contributed by atoms with Crippen LogP contribution in [-0.4, -0.2) is 45.8 Å². The maximum Gasteiger partial charge on any atom is 0.111 e. The van der Waals surface area contributed by atoms with Gasteiger partial charge in [0, 0.05) is 0 Å². The van der Waals surface area contributed by atoms with E-state index in [4.69, 9.17) is 4.74 Å². The second-order valence-corrected chi connectivity index (χ2v) is 5.23. The van der Waals surface area contributed by atoms with Gasteiger partial charge in [0.05, 0.1) is 12.2 Å². The summed E-state index contributed by atoms with van der Waals surface area (Å²) in [6.07, 6.45) is -1.53. The first-order valence-corrected chi connectivity index (χ1v) is 6.83. The van der Waals surface area contributed by atoms with E-state index >= 15 is 0 Å². The fourth-order valence-corrected chi connectivity index (χ4v) is 2.53. The van der Waals surface area contributed by atoms with E-state index in [0.717, 1.165) is 12.8 Å². The molecule has 0 saturated carbocycles. The van der Waals surface area contributed by atoms with E-state index in [1.165, 1.54) is 5.56 Å². The average Bonchev–Trinajstić information content (AvgIpc) is 2.43. The Balaban J connectivity index is 1.82. The Morgan fingerprint density at radius 1 is 1.00 bits per heavy atom. The molecule has 106 valence electrons. The zero-order valence-electron chi connectivity index (χ0n) is 11.1. The van der Waals surface area contributed by atoms with Gasteiger partial charge in [-0.1, -0.05) is 30.3 Å². The van der Waals surface area contributed by atoms with Crippen LogP contribution in [0.4, 0.5) is 0 Å².